The third-order valence-electron chi connectivity index (χ3n) is 0.439. The van der Waals surface area contributed by atoms with Crippen LogP contribution in [-0.2, 0) is 0 Å². The van der Waals surface area contributed by atoms with E-state index in [9.17, 15) is 0 Å². The zero-order valence-electron chi connectivity index (χ0n) is 3.72. The van der Waals surface area contributed by atoms with Crippen molar-refractivity contribution in [3.05, 3.63) is 12.2 Å². The first kappa shape index (κ1) is 5.66. The first-order valence-electron chi connectivity index (χ1n) is 1.97. The van der Waals surface area contributed by atoms with Gasteiger partial charge in [-0.25, -0.2) is 0 Å². The van der Waals surface area contributed by atoms with E-state index < -0.39 is 0 Å². The molecule has 36 valence electrons. The molecule has 0 saturated carbocycles. The number of hydrogen-bond donors (Lipinski definition) is 2. The molecular formula is C4H10N2. The smallest absolute Gasteiger partial charge is 0.0107 e. The minimum Gasteiger partial charge on any atom is -0.327 e. The zero-order valence-corrected chi connectivity index (χ0v) is 3.72. The molecule has 0 saturated heterocycles. The van der Waals surface area contributed by atoms with Gasteiger partial charge < -0.3 is 11.5 Å². The largest absolute Gasteiger partial charge is 0.327 e. The monoisotopic (exact) mass is 86.1 g/mol. The summed E-state index contributed by atoms with van der Waals surface area (Å²) >= 11 is 0. The van der Waals surface area contributed by atoms with Crippen LogP contribution in [0.2, 0.25) is 0 Å². The van der Waals surface area contributed by atoms with E-state index in [2.05, 4.69) is 0 Å². The van der Waals surface area contributed by atoms with Crippen LogP contribution >= 0.6 is 0 Å². The average Bonchev–Trinajstić information content (AvgIpc) is 1.61. The normalized spacial score (nSPS) is 10.3. The number of hydrogen-bond acceptors (Lipinski definition) is 2. The van der Waals surface area contributed by atoms with E-state index in [1.165, 1.54) is 0 Å². The van der Waals surface area contributed by atoms with E-state index in [0.717, 1.165) is 0 Å². The van der Waals surface area contributed by atoms with Crippen LogP contribution in [0.4, 0.5) is 0 Å². The molecule has 0 bridgehead atoms. The van der Waals surface area contributed by atoms with Crippen LogP contribution in [-0.4, -0.2) is 13.1 Å². The molecular weight excluding hydrogens is 76.1 g/mol. The second kappa shape index (κ2) is 4.66. The van der Waals surface area contributed by atoms with Gasteiger partial charge in [0.15, 0.2) is 0 Å². The van der Waals surface area contributed by atoms with Crippen LogP contribution in [0.15, 0.2) is 12.2 Å². The molecule has 0 fully saturated rings. The predicted octanol–water partition coefficient (Wildman–Crippen LogP) is -0.540. The molecule has 6 heavy (non-hydrogen) atoms. The van der Waals surface area contributed by atoms with Gasteiger partial charge in [-0.3, -0.25) is 0 Å². The van der Waals surface area contributed by atoms with Crippen LogP contribution in [0.5, 0.6) is 0 Å². The molecule has 0 atom stereocenters. The van der Waals surface area contributed by atoms with Gasteiger partial charge in [0.25, 0.3) is 0 Å². The third-order valence-corrected chi connectivity index (χ3v) is 0.439. The Morgan fingerprint density at radius 1 is 1.00 bits per heavy atom. The Morgan fingerprint density at radius 3 is 1.50 bits per heavy atom. The van der Waals surface area contributed by atoms with Gasteiger partial charge in [-0.05, 0) is 0 Å². The van der Waals surface area contributed by atoms with Gasteiger partial charge in [-0.1, -0.05) is 12.2 Å². The van der Waals surface area contributed by atoms with Crippen molar-refractivity contribution in [3.8, 4) is 0 Å². The van der Waals surface area contributed by atoms with Crippen LogP contribution < -0.4 is 11.5 Å². The van der Waals surface area contributed by atoms with E-state index in [4.69, 9.17) is 11.5 Å². The molecule has 4 N–H and O–H groups in total. The summed E-state index contributed by atoms with van der Waals surface area (Å²) in [7, 11) is 0. The Morgan fingerprint density at radius 2 is 1.33 bits per heavy atom. The summed E-state index contributed by atoms with van der Waals surface area (Å²) in [5.74, 6) is 0. The van der Waals surface area contributed by atoms with Crippen LogP contribution in [0.25, 0.3) is 0 Å². The van der Waals surface area contributed by atoms with Crippen molar-refractivity contribution >= 4 is 0 Å². The fourth-order valence-corrected chi connectivity index (χ4v) is 0.192. The molecule has 0 radical (unpaired) electrons. The summed E-state index contributed by atoms with van der Waals surface area (Å²) in [5, 5.41) is 0. The molecule has 0 aromatic rings. The lowest BCUT2D eigenvalue weighted by Crippen LogP contribution is -1.97. The fraction of sp³-hybridized carbons (Fsp3) is 0.500. The molecule has 0 rings (SSSR count). The third kappa shape index (κ3) is 3.66. The van der Waals surface area contributed by atoms with Crippen molar-refractivity contribution in [1.29, 1.82) is 0 Å². The maximum atomic E-state index is 5.07. The molecule has 0 aromatic heterocycles. The standard InChI is InChI=1S/C4H10N2/c5-3-1-2-4-6/h1-2H,3-6H2. The second-order valence-corrected chi connectivity index (χ2v) is 0.943. The minimum absolute atomic E-state index is 0.594. The zero-order chi connectivity index (χ0) is 4.83. The van der Waals surface area contributed by atoms with Gasteiger partial charge in [-0.15, -0.1) is 0 Å². The molecule has 0 amide bonds. The van der Waals surface area contributed by atoms with Crippen molar-refractivity contribution in [2.45, 2.75) is 0 Å². The average molecular weight is 86.1 g/mol. The topological polar surface area (TPSA) is 52.0 Å². The summed E-state index contributed by atoms with van der Waals surface area (Å²) < 4.78 is 0. The summed E-state index contributed by atoms with van der Waals surface area (Å²) in [6.07, 6.45) is 3.67. The Balaban J connectivity index is 2.73. The summed E-state index contributed by atoms with van der Waals surface area (Å²) in [5.41, 5.74) is 10.1. The lowest BCUT2D eigenvalue weighted by atomic mass is 10.5. The van der Waals surface area contributed by atoms with Gasteiger partial charge in [0.2, 0.25) is 0 Å². The first-order valence-corrected chi connectivity index (χ1v) is 1.97. The molecule has 0 heterocycles. The second-order valence-electron chi connectivity index (χ2n) is 0.943. The molecule has 0 aromatic carbocycles. The van der Waals surface area contributed by atoms with E-state index >= 15 is 0 Å². The summed E-state index contributed by atoms with van der Waals surface area (Å²) in [6, 6.07) is 0. The highest BCUT2D eigenvalue weighted by Crippen LogP contribution is 1.58. The Bertz CT molecular complexity index is 34.8. The molecule has 2 heteroatoms. The SMILES string of the molecule is NCC=CCN. The van der Waals surface area contributed by atoms with E-state index in [1.807, 2.05) is 12.2 Å². The first-order chi connectivity index (χ1) is 2.91. The number of nitrogens with two attached hydrogens (primary N) is 2. The van der Waals surface area contributed by atoms with Gasteiger partial charge in [-0.2, -0.15) is 0 Å². The summed E-state index contributed by atoms with van der Waals surface area (Å²) in [4.78, 5) is 0. The molecule has 0 spiro atoms. The highest BCUT2D eigenvalue weighted by atomic mass is 14.5. The number of rotatable bonds is 2. The van der Waals surface area contributed by atoms with Crippen LogP contribution in [0, 0.1) is 0 Å². The highest BCUT2D eigenvalue weighted by Gasteiger charge is 1.59. The van der Waals surface area contributed by atoms with Gasteiger partial charge in [0, 0.05) is 13.1 Å². The Labute approximate surface area is 37.8 Å². The van der Waals surface area contributed by atoms with E-state index in [0.29, 0.717) is 13.1 Å². The molecule has 2 nitrogen and oxygen atoms in total. The predicted molar refractivity (Wildman–Crippen MR) is 27.2 cm³/mol. The minimum atomic E-state index is 0.594. The van der Waals surface area contributed by atoms with Crippen molar-refractivity contribution in [2.75, 3.05) is 13.1 Å². The van der Waals surface area contributed by atoms with Gasteiger partial charge in [0.1, 0.15) is 0 Å². The van der Waals surface area contributed by atoms with Gasteiger partial charge in [0.05, 0.1) is 0 Å². The van der Waals surface area contributed by atoms with E-state index in [1.54, 1.807) is 0 Å². The lowest BCUT2D eigenvalue weighted by Gasteiger charge is -1.74. The summed E-state index contributed by atoms with van der Waals surface area (Å²) in [6.45, 7) is 1.19. The quantitative estimate of drug-likeness (QED) is 0.443. The molecule has 0 aliphatic rings. The van der Waals surface area contributed by atoms with Gasteiger partial charge >= 0.3 is 0 Å². The Kier molecular flexibility index (Phi) is 4.40. The fourth-order valence-electron chi connectivity index (χ4n) is 0.192. The lowest BCUT2D eigenvalue weighted by molar-refractivity contribution is 1.20. The molecule has 0 aliphatic carbocycles. The molecule has 0 aliphatic heterocycles. The van der Waals surface area contributed by atoms with Crippen LogP contribution in [0.1, 0.15) is 0 Å². The van der Waals surface area contributed by atoms with Crippen molar-refractivity contribution in [3.63, 3.8) is 0 Å². The van der Waals surface area contributed by atoms with Crippen LogP contribution in [0.3, 0.4) is 0 Å². The maximum Gasteiger partial charge on any atom is 0.0107 e. The Hall–Kier alpha value is -0.340. The van der Waals surface area contributed by atoms with Crippen molar-refractivity contribution < 1.29 is 0 Å². The highest BCUT2D eigenvalue weighted by molar-refractivity contribution is 4.82. The van der Waals surface area contributed by atoms with Crippen molar-refractivity contribution in [2.24, 2.45) is 11.5 Å². The molecule has 0 unspecified atom stereocenters. The van der Waals surface area contributed by atoms with Crippen molar-refractivity contribution in [1.82, 2.24) is 0 Å². The van der Waals surface area contributed by atoms with E-state index in [-0.39, 0.29) is 0 Å². The maximum absolute atomic E-state index is 5.07.